The number of aliphatic hydroxyl groups excluding tert-OH is 1. The summed E-state index contributed by atoms with van der Waals surface area (Å²) < 4.78 is 0. The fraction of sp³-hybridized carbons (Fsp3) is 0.429. The minimum absolute atomic E-state index is 0.268. The summed E-state index contributed by atoms with van der Waals surface area (Å²) in [6.45, 7) is 2.46. The second-order valence-corrected chi connectivity index (χ2v) is 4.29. The molecule has 2 rings (SSSR count). The van der Waals surface area contributed by atoms with Gasteiger partial charge in [-0.1, -0.05) is 31.5 Å². The number of para-hydroxylation sites is 1. The quantitative estimate of drug-likeness (QED) is 0.790. The highest BCUT2D eigenvalue weighted by Gasteiger charge is 2.14. The summed E-state index contributed by atoms with van der Waals surface area (Å²) in [4.78, 5) is 3.30. The number of benzene rings is 1. The SMILES string of the molecule is CCCC(CCO)c1c[nH]c2ccccc12. The third-order valence-corrected chi connectivity index (χ3v) is 3.18. The summed E-state index contributed by atoms with van der Waals surface area (Å²) in [7, 11) is 0. The maximum atomic E-state index is 9.12. The molecule has 1 unspecified atom stereocenters. The molecule has 0 amide bonds. The lowest BCUT2D eigenvalue weighted by molar-refractivity contribution is 0.272. The molecule has 2 N–H and O–H groups in total. The van der Waals surface area contributed by atoms with Crippen molar-refractivity contribution < 1.29 is 5.11 Å². The third kappa shape index (κ3) is 2.12. The molecule has 0 bridgehead atoms. The van der Waals surface area contributed by atoms with E-state index in [1.54, 1.807) is 0 Å². The first kappa shape index (κ1) is 11.2. The fourth-order valence-corrected chi connectivity index (χ4v) is 2.39. The highest BCUT2D eigenvalue weighted by molar-refractivity contribution is 5.83. The van der Waals surface area contributed by atoms with Crippen molar-refractivity contribution in [2.75, 3.05) is 6.61 Å². The van der Waals surface area contributed by atoms with Crippen LogP contribution in [0.2, 0.25) is 0 Å². The molecule has 2 heteroatoms. The van der Waals surface area contributed by atoms with E-state index in [4.69, 9.17) is 5.11 Å². The van der Waals surface area contributed by atoms with Crippen molar-refractivity contribution >= 4 is 10.9 Å². The Hall–Kier alpha value is -1.28. The van der Waals surface area contributed by atoms with E-state index in [2.05, 4.69) is 36.3 Å². The molecule has 86 valence electrons. The highest BCUT2D eigenvalue weighted by atomic mass is 16.3. The maximum absolute atomic E-state index is 9.12. The average Bonchev–Trinajstić information content (AvgIpc) is 2.72. The van der Waals surface area contributed by atoms with Gasteiger partial charge in [-0.15, -0.1) is 0 Å². The zero-order valence-corrected chi connectivity index (χ0v) is 9.74. The van der Waals surface area contributed by atoms with E-state index in [0.717, 1.165) is 19.3 Å². The summed E-state index contributed by atoms with van der Waals surface area (Å²) in [6, 6.07) is 8.37. The standard InChI is InChI=1S/C14H19NO/c1-2-5-11(8-9-16)13-10-15-14-7-4-3-6-12(13)14/h3-4,6-7,10-11,15-16H,2,5,8-9H2,1H3. The smallest absolute Gasteiger partial charge is 0.0456 e. The first-order valence-electron chi connectivity index (χ1n) is 6.03. The zero-order valence-electron chi connectivity index (χ0n) is 9.74. The number of rotatable bonds is 5. The lowest BCUT2D eigenvalue weighted by Gasteiger charge is -2.13. The van der Waals surface area contributed by atoms with Gasteiger partial charge in [-0.3, -0.25) is 0 Å². The van der Waals surface area contributed by atoms with E-state index < -0.39 is 0 Å². The van der Waals surface area contributed by atoms with Crippen LogP contribution in [0.1, 0.15) is 37.7 Å². The van der Waals surface area contributed by atoms with Crippen molar-refractivity contribution in [3.8, 4) is 0 Å². The fourth-order valence-electron chi connectivity index (χ4n) is 2.39. The molecule has 2 nitrogen and oxygen atoms in total. The number of hydrogen-bond acceptors (Lipinski definition) is 1. The van der Waals surface area contributed by atoms with Crippen LogP contribution in [0.4, 0.5) is 0 Å². The Morgan fingerprint density at radius 2 is 2.06 bits per heavy atom. The normalized spacial score (nSPS) is 13.1. The monoisotopic (exact) mass is 217 g/mol. The minimum Gasteiger partial charge on any atom is -0.396 e. The molecule has 0 aliphatic rings. The molecule has 0 fully saturated rings. The molecule has 1 heterocycles. The highest BCUT2D eigenvalue weighted by Crippen LogP contribution is 2.30. The Morgan fingerprint density at radius 1 is 1.25 bits per heavy atom. The third-order valence-electron chi connectivity index (χ3n) is 3.18. The molecule has 0 saturated heterocycles. The first-order chi connectivity index (χ1) is 7.86. The van der Waals surface area contributed by atoms with Crippen molar-refractivity contribution in [1.29, 1.82) is 0 Å². The molecular formula is C14H19NO. The van der Waals surface area contributed by atoms with Crippen LogP contribution >= 0.6 is 0 Å². The molecule has 1 atom stereocenters. The number of aliphatic hydroxyl groups is 1. The number of aromatic amines is 1. The molecular weight excluding hydrogens is 198 g/mol. The molecule has 1 aromatic heterocycles. The molecule has 0 spiro atoms. The maximum Gasteiger partial charge on any atom is 0.0456 e. The molecule has 0 aliphatic carbocycles. The molecule has 0 radical (unpaired) electrons. The van der Waals surface area contributed by atoms with Gasteiger partial charge in [0.15, 0.2) is 0 Å². The van der Waals surface area contributed by atoms with Gasteiger partial charge in [-0.05, 0) is 30.4 Å². The summed E-state index contributed by atoms with van der Waals surface area (Å²) in [5.74, 6) is 0.478. The molecule has 0 saturated carbocycles. The summed E-state index contributed by atoms with van der Waals surface area (Å²) in [5, 5.41) is 10.4. The number of aromatic nitrogens is 1. The summed E-state index contributed by atoms with van der Waals surface area (Å²) in [5.41, 5.74) is 2.54. The van der Waals surface area contributed by atoms with Gasteiger partial charge in [0.25, 0.3) is 0 Å². The van der Waals surface area contributed by atoms with Crippen LogP contribution < -0.4 is 0 Å². The van der Waals surface area contributed by atoms with Crippen LogP contribution in [0.3, 0.4) is 0 Å². The van der Waals surface area contributed by atoms with E-state index in [1.165, 1.54) is 16.5 Å². The molecule has 0 aliphatic heterocycles. The second-order valence-electron chi connectivity index (χ2n) is 4.29. The van der Waals surface area contributed by atoms with Gasteiger partial charge in [0.2, 0.25) is 0 Å². The van der Waals surface area contributed by atoms with Crippen LogP contribution in [-0.2, 0) is 0 Å². The van der Waals surface area contributed by atoms with Crippen molar-refractivity contribution in [3.63, 3.8) is 0 Å². The van der Waals surface area contributed by atoms with Crippen molar-refractivity contribution in [1.82, 2.24) is 4.98 Å². The first-order valence-corrected chi connectivity index (χ1v) is 6.03. The van der Waals surface area contributed by atoms with E-state index in [-0.39, 0.29) is 6.61 Å². The number of nitrogens with one attached hydrogen (secondary N) is 1. The Labute approximate surface area is 96.3 Å². The lowest BCUT2D eigenvalue weighted by atomic mass is 9.91. The number of fused-ring (bicyclic) bond motifs is 1. The second kappa shape index (κ2) is 5.17. The Morgan fingerprint density at radius 3 is 2.81 bits per heavy atom. The van der Waals surface area contributed by atoms with Gasteiger partial charge in [-0.25, -0.2) is 0 Å². The molecule has 16 heavy (non-hydrogen) atoms. The lowest BCUT2D eigenvalue weighted by Crippen LogP contribution is -2.00. The average molecular weight is 217 g/mol. The summed E-state index contributed by atoms with van der Waals surface area (Å²) in [6.07, 6.45) is 5.25. The number of hydrogen-bond donors (Lipinski definition) is 2. The van der Waals surface area contributed by atoms with Gasteiger partial charge in [0.1, 0.15) is 0 Å². The van der Waals surface area contributed by atoms with Crippen molar-refractivity contribution in [2.45, 2.75) is 32.1 Å². The zero-order chi connectivity index (χ0) is 11.4. The minimum atomic E-state index is 0.268. The Kier molecular flexibility index (Phi) is 3.62. The Balaban J connectivity index is 2.36. The van der Waals surface area contributed by atoms with E-state index in [0.29, 0.717) is 5.92 Å². The predicted octanol–water partition coefficient (Wildman–Crippen LogP) is 3.43. The largest absolute Gasteiger partial charge is 0.396 e. The van der Waals surface area contributed by atoms with Crippen LogP contribution in [0.15, 0.2) is 30.5 Å². The molecule has 2 aromatic rings. The summed E-state index contributed by atoms with van der Waals surface area (Å²) >= 11 is 0. The van der Waals surface area contributed by atoms with Gasteiger partial charge < -0.3 is 10.1 Å². The van der Waals surface area contributed by atoms with Crippen LogP contribution in [0, 0.1) is 0 Å². The van der Waals surface area contributed by atoms with E-state index in [9.17, 15) is 0 Å². The molecule has 1 aromatic carbocycles. The van der Waals surface area contributed by atoms with E-state index in [1.807, 2.05) is 6.07 Å². The van der Waals surface area contributed by atoms with Gasteiger partial charge in [-0.2, -0.15) is 0 Å². The van der Waals surface area contributed by atoms with Gasteiger partial charge >= 0.3 is 0 Å². The van der Waals surface area contributed by atoms with Crippen molar-refractivity contribution in [3.05, 3.63) is 36.0 Å². The van der Waals surface area contributed by atoms with Gasteiger partial charge in [0, 0.05) is 23.7 Å². The van der Waals surface area contributed by atoms with Gasteiger partial charge in [0.05, 0.1) is 0 Å². The van der Waals surface area contributed by atoms with Crippen LogP contribution in [-0.4, -0.2) is 16.7 Å². The predicted molar refractivity (Wildman–Crippen MR) is 67.7 cm³/mol. The topological polar surface area (TPSA) is 36.0 Å². The van der Waals surface area contributed by atoms with Crippen molar-refractivity contribution in [2.24, 2.45) is 0 Å². The van der Waals surface area contributed by atoms with Crippen LogP contribution in [0.25, 0.3) is 10.9 Å². The van der Waals surface area contributed by atoms with Crippen LogP contribution in [0.5, 0.6) is 0 Å². The Bertz CT molecular complexity index is 441. The number of H-pyrrole nitrogens is 1. The van der Waals surface area contributed by atoms with E-state index >= 15 is 0 Å².